The monoisotopic (exact) mass is 335 g/mol. The predicted octanol–water partition coefficient (Wildman–Crippen LogP) is 3.25. The van der Waals surface area contributed by atoms with Gasteiger partial charge in [0.1, 0.15) is 13.1 Å². The van der Waals surface area contributed by atoms with E-state index in [1.807, 2.05) is 48.5 Å². The molecule has 1 atom stereocenters. The zero-order valence-corrected chi connectivity index (χ0v) is 13.5. The Kier molecular flexibility index (Phi) is 4.98. The molecule has 0 saturated carbocycles. The van der Waals surface area contributed by atoms with Crippen LogP contribution >= 0.6 is 23.2 Å². The normalized spacial score (nSPS) is 17.2. The van der Waals surface area contributed by atoms with E-state index < -0.39 is 0 Å². The van der Waals surface area contributed by atoms with Crippen LogP contribution in [-0.2, 0) is 11.4 Å². The van der Waals surface area contributed by atoms with Gasteiger partial charge in [0, 0.05) is 22.0 Å². The molecule has 2 aromatic carbocycles. The fourth-order valence-electron chi connectivity index (χ4n) is 2.46. The number of benzene rings is 2. The van der Waals surface area contributed by atoms with Crippen LogP contribution in [0.15, 0.2) is 53.7 Å². The first kappa shape index (κ1) is 15.3. The van der Waals surface area contributed by atoms with E-state index in [1.165, 1.54) is 0 Å². The maximum absolute atomic E-state index is 6.15. The second-order valence-electron chi connectivity index (χ2n) is 5.30. The van der Waals surface area contributed by atoms with Crippen LogP contribution in [0.5, 0.6) is 0 Å². The Balaban J connectivity index is 1.48. The fraction of sp³-hybridized carbons (Fsp3) is 0.235. The second kappa shape index (κ2) is 7.14. The highest BCUT2D eigenvalue weighted by Gasteiger charge is 2.23. The molecule has 5 heteroatoms. The van der Waals surface area contributed by atoms with Gasteiger partial charge >= 0.3 is 0 Å². The molecule has 3 nitrogen and oxygen atoms in total. The van der Waals surface area contributed by atoms with E-state index in [0.717, 1.165) is 46.4 Å². The predicted molar refractivity (Wildman–Crippen MR) is 89.4 cm³/mol. The van der Waals surface area contributed by atoms with Gasteiger partial charge in [-0.05, 0) is 23.8 Å². The minimum Gasteiger partial charge on any atom is -0.386 e. The molecule has 22 heavy (non-hydrogen) atoms. The summed E-state index contributed by atoms with van der Waals surface area (Å²) in [6.45, 7) is 1.70. The molecule has 0 saturated heterocycles. The van der Waals surface area contributed by atoms with Crippen molar-refractivity contribution in [2.45, 2.75) is 19.1 Å². The third-order valence-electron chi connectivity index (χ3n) is 3.66. The molecule has 0 aliphatic carbocycles. The van der Waals surface area contributed by atoms with Gasteiger partial charge in [0.25, 0.3) is 0 Å². The van der Waals surface area contributed by atoms with Crippen molar-refractivity contribution in [1.82, 2.24) is 0 Å². The van der Waals surface area contributed by atoms with Gasteiger partial charge in [0.15, 0.2) is 6.10 Å². The van der Waals surface area contributed by atoms with Crippen LogP contribution in [0.4, 0.5) is 0 Å². The lowest BCUT2D eigenvalue weighted by Crippen LogP contribution is -2.84. The van der Waals surface area contributed by atoms with E-state index in [9.17, 15) is 0 Å². The van der Waals surface area contributed by atoms with Crippen molar-refractivity contribution in [3.05, 3.63) is 69.7 Å². The fourth-order valence-corrected chi connectivity index (χ4v) is 2.80. The highest BCUT2D eigenvalue weighted by Crippen LogP contribution is 2.18. The van der Waals surface area contributed by atoms with E-state index in [4.69, 9.17) is 28.0 Å². The number of nitrogens with two attached hydrogens (primary N) is 1. The second-order valence-corrected chi connectivity index (χ2v) is 6.14. The van der Waals surface area contributed by atoms with Gasteiger partial charge < -0.3 is 10.2 Å². The van der Waals surface area contributed by atoms with Crippen molar-refractivity contribution in [1.29, 1.82) is 0 Å². The summed E-state index contributed by atoms with van der Waals surface area (Å²) in [6.07, 6.45) is 0.925. The maximum Gasteiger partial charge on any atom is 0.181 e. The Labute approximate surface area is 139 Å². The lowest BCUT2D eigenvalue weighted by Gasteiger charge is -2.08. The molecule has 1 heterocycles. The lowest BCUT2D eigenvalue weighted by molar-refractivity contribution is -0.676. The molecule has 1 aliphatic heterocycles. The molecular formula is C17H17Cl2N2O+. The molecule has 2 aromatic rings. The Morgan fingerprint density at radius 3 is 2.64 bits per heavy atom. The van der Waals surface area contributed by atoms with Crippen molar-refractivity contribution in [2.75, 3.05) is 6.54 Å². The van der Waals surface area contributed by atoms with Gasteiger partial charge in [-0.25, -0.2) is 0 Å². The average molecular weight is 336 g/mol. The van der Waals surface area contributed by atoms with Crippen molar-refractivity contribution >= 4 is 28.9 Å². The molecule has 0 amide bonds. The van der Waals surface area contributed by atoms with E-state index in [1.54, 1.807) is 0 Å². The van der Waals surface area contributed by atoms with Crippen LogP contribution in [-0.4, -0.2) is 18.4 Å². The standard InChI is InChI=1S/C17H16Cl2N2O/c18-14-7-5-12(6-8-14)17-9-15(22-21-17)11-20-10-13-3-1-2-4-16(13)19/h1-8,15,20H,9-11H2/p+1/t15-/m0/s1. The summed E-state index contributed by atoms with van der Waals surface area (Å²) in [7, 11) is 0. The minimum absolute atomic E-state index is 0.105. The van der Waals surface area contributed by atoms with E-state index >= 15 is 0 Å². The van der Waals surface area contributed by atoms with Crippen LogP contribution in [0.25, 0.3) is 0 Å². The molecule has 0 bridgehead atoms. The van der Waals surface area contributed by atoms with Gasteiger partial charge in [-0.15, -0.1) is 0 Å². The number of hydrogen-bond acceptors (Lipinski definition) is 2. The van der Waals surface area contributed by atoms with E-state index in [0.29, 0.717) is 0 Å². The largest absolute Gasteiger partial charge is 0.386 e. The molecule has 2 N–H and O–H groups in total. The number of rotatable bonds is 5. The van der Waals surface area contributed by atoms with Crippen LogP contribution in [0, 0.1) is 0 Å². The zero-order chi connectivity index (χ0) is 15.4. The highest BCUT2D eigenvalue weighted by molar-refractivity contribution is 6.31. The van der Waals surface area contributed by atoms with Crippen molar-refractivity contribution in [3.63, 3.8) is 0 Å². The van der Waals surface area contributed by atoms with Crippen molar-refractivity contribution < 1.29 is 10.2 Å². The minimum atomic E-state index is 0.105. The van der Waals surface area contributed by atoms with Crippen LogP contribution < -0.4 is 5.32 Å². The smallest absolute Gasteiger partial charge is 0.181 e. The lowest BCUT2D eigenvalue weighted by atomic mass is 10.1. The number of halogens is 2. The summed E-state index contributed by atoms with van der Waals surface area (Å²) in [5, 5.41) is 7.93. The van der Waals surface area contributed by atoms with E-state index in [-0.39, 0.29) is 6.10 Å². The zero-order valence-electron chi connectivity index (χ0n) is 12.0. The van der Waals surface area contributed by atoms with Crippen LogP contribution in [0.3, 0.4) is 0 Å². The molecule has 0 aromatic heterocycles. The van der Waals surface area contributed by atoms with Gasteiger partial charge in [0.05, 0.1) is 5.71 Å². The summed E-state index contributed by atoms with van der Waals surface area (Å²) in [4.78, 5) is 5.51. The topological polar surface area (TPSA) is 38.2 Å². The Bertz CT molecular complexity index is 671. The molecule has 0 fully saturated rings. The molecule has 0 radical (unpaired) electrons. The van der Waals surface area contributed by atoms with Gasteiger partial charge in [-0.1, -0.05) is 58.7 Å². The highest BCUT2D eigenvalue weighted by atomic mass is 35.5. The first-order valence-corrected chi connectivity index (χ1v) is 8.01. The third kappa shape index (κ3) is 3.80. The Hall–Kier alpha value is -1.55. The molecule has 1 aliphatic rings. The Morgan fingerprint density at radius 1 is 1.09 bits per heavy atom. The molecule has 3 rings (SSSR count). The van der Waals surface area contributed by atoms with Gasteiger partial charge in [0.2, 0.25) is 0 Å². The molecule has 0 unspecified atom stereocenters. The first-order chi connectivity index (χ1) is 10.7. The summed E-state index contributed by atoms with van der Waals surface area (Å²) in [5.41, 5.74) is 3.19. The average Bonchev–Trinajstić information content (AvgIpc) is 2.99. The Morgan fingerprint density at radius 2 is 1.86 bits per heavy atom. The maximum atomic E-state index is 6.15. The number of nitrogens with zero attached hydrogens (tertiary/aromatic N) is 1. The third-order valence-corrected chi connectivity index (χ3v) is 4.28. The van der Waals surface area contributed by atoms with Gasteiger partial charge in [-0.3, -0.25) is 0 Å². The summed E-state index contributed by atoms with van der Waals surface area (Å²) >= 11 is 12.1. The number of oxime groups is 1. The molecular weight excluding hydrogens is 319 g/mol. The van der Waals surface area contributed by atoms with Crippen LogP contribution in [0.1, 0.15) is 17.5 Å². The number of quaternary nitrogens is 1. The molecule has 0 spiro atoms. The van der Waals surface area contributed by atoms with Gasteiger partial charge in [-0.2, -0.15) is 0 Å². The van der Waals surface area contributed by atoms with Crippen LogP contribution in [0.2, 0.25) is 10.0 Å². The number of hydrogen-bond donors (Lipinski definition) is 1. The quantitative estimate of drug-likeness (QED) is 0.894. The van der Waals surface area contributed by atoms with Crippen molar-refractivity contribution in [3.8, 4) is 0 Å². The summed E-state index contributed by atoms with van der Waals surface area (Å²) in [6, 6.07) is 15.6. The van der Waals surface area contributed by atoms with Crippen molar-refractivity contribution in [2.24, 2.45) is 5.16 Å². The summed E-state index contributed by atoms with van der Waals surface area (Å²) in [5.74, 6) is 0. The molecule has 114 valence electrons. The first-order valence-electron chi connectivity index (χ1n) is 7.26. The SMILES string of the molecule is Clc1ccc(C2=NO[C@H](C[NH2+]Cc3ccccc3Cl)C2)cc1. The van der Waals surface area contributed by atoms with E-state index in [2.05, 4.69) is 10.5 Å². The summed E-state index contributed by atoms with van der Waals surface area (Å²) < 4.78 is 0.